The quantitative estimate of drug-likeness (QED) is 0.574. The molecule has 0 saturated carbocycles. The summed E-state index contributed by atoms with van der Waals surface area (Å²) in [6.45, 7) is 4.86. The van der Waals surface area contributed by atoms with Crippen molar-refractivity contribution in [3.05, 3.63) is 41.5 Å². The number of hydrogen-bond donors (Lipinski definition) is 2. The van der Waals surface area contributed by atoms with Crippen molar-refractivity contribution in [1.29, 1.82) is 0 Å². The Kier molecular flexibility index (Phi) is 8.53. The molecule has 0 aliphatic carbocycles. The molecule has 0 aliphatic rings. The molecular formula is C24H31NO8. The minimum Gasteiger partial charge on any atom is -0.497 e. The highest BCUT2D eigenvalue weighted by molar-refractivity contribution is 5.85. The van der Waals surface area contributed by atoms with Crippen LogP contribution in [0.5, 0.6) is 17.2 Å². The van der Waals surface area contributed by atoms with Gasteiger partial charge in [0.2, 0.25) is 0 Å². The van der Waals surface area contributed by atoms with Gasteiger partial charge in [-0.1, -0.05) is 6.07 Å². The van der Waals surface area contributed by atoms with Crippen molar-refractivity contribution >= 4 is 12.1 Å². The zero-order chi connectivity index (χ0) is 24.8. The van der Waals surface area contributed by atoms with Gasteiger partial charge in [0.1, 0.15) is 22.8 Å². The third-order valence-corrected chi connectivity index (χ3v) is 4.71. The lowest BCUT2D eigenvalue weighted by Gasteiger charge is -2.24. The first-order valence-electron chi connectivity index (χ1n) is 10.2. The summed E-state index contributed by atoms with van der Waals surface area (Å²) in [5.74, 6) is 0.733. The number of rotatable bonds is 8. The molecular weight excluding hydrogens is 430 g/mol. The Morgan fingerprint density at radius 1 is 0.970 bits per heavy atom. The second-order valence-corrected chi connectivity index (χ2v) is 8.08. The predicted molar refractivity (Wildman–Crippen MR) is 122 cm³/mol. The number of alkyl carbamates (subject to hydrolysis) is 1. The highest BCUT2D eigenvalue weighted by Gasteiger charge is 2.28. The molecule has 0 heterocycles. The number of hydrogen-bond acceptors (Lipinski definition) is 8. The van der Waals surface area contributed by atoms with Crippen LogP contribution in [-0.4, -0.2) is 51.2 Å². The molecule has 2 aromatic rings. The van der Waals surface area contributed by atoms with E-state index in [9.17, 15) is 14.7 Å². The molecule has 2 rings (SSSR count). The van der Waals surface area contributed by atoms with Gasteiger partial charge >= 0.3 is 12.1 Å². The van der Waals surface area contributed by atoms with E-state index in [1.165, 1.54) is 28.4 Å². The number of aliphatic hydroxyl groups excluding tert-OH is 1. The molecule has 0 bridgehead atoms. The number of carbonyl (C=O) groups excluding carboxylic acids is 2. The molecule has 0 fully saturated rings. The third kappa shape index (κ3) is 6.29. The number of ether oxygens (including phenoxy) is 5. The normalized spacial score (nSPS) is 11.9. The van der Waals surface area contributed by atoms with Gasteiger partial charge in [-0.3, -0.25) is 0 Å². The summed E-state index contributed by atoms with van der Waals surface area (Å²) in [5.41, 5.74) is 1.29. The number of nitrogens with one attached hydrogen (secondary N) is 1. The number of benzene rings is 2. The Balaban J connectivity index is 2.65. The molecule has 1 amide bonds. The number of aliphatic hydroxyl groups is 1. The van der Waals surface area contributed by atoms with Gasteiger partial charge in [0.25, 0.3) is 0 Å². The first kappa shape index (κ1) is 25.8. The van der Waals surface area contributed by atoms with Gasteiger partial charge in [-0.25, -0.2) is 9.59 Å². The van der Waals surface area contributed by atoms with Gasteiger partial charge in [0.05, 0.1) is 35.0 Å². The second kappa shape index (κ2) is 10.9. The zero-order valence-electron chi connectivity index (χ0n) is 20.0. The van der Waals surface area contributed by atoms with Gasteiger partial charge in [-0.15, -0.1) is 0 Å². The van der Waals surface area contributed by atoms with Crippen LogP contribution in [0.15, 0.2) is 30.3 Å². The standard InChI is InChI=1S/C24H31NO8/c1-24(2,3)33-23(28)25-21(22(27)32-7)14-8-9-18(30-5)17(11-14)20-15(13-26)10-16(29-4)12-19(20)31-6/h8-12,21,26H,13H2,1-7H3,(H,25,28)/t21-/m1/s1. The highest BCUT2D eigenvalue weighted by atomic mass is 16.6. The number of carbonyl (C=O) groups is 2. The molecule has 180 valence electrons. The van der Waals surface area contributed by atoms with Crippen LogP contribution in [-0.2, 0) is 20.9 Å². The molecule has 2 aromatic carbocycles. The van der Waals surface area contributed by atoms with Crippen LogP contribution in [0.1, 0.15) is 37.9 Å². The van der Waals surface area contributed by atoms with E-state index in [1.807, 2.05) is 0 Å². The molecule has 0 saturated heterocycles. The maximum Gasteiger partial charge on any atom is 0.408 e. The van der Waals surface area contributed by atoms with E-state index >= 15 is 0 Å². The van der Waals surface area contributed by atoms with Crippen LogP contribution >= 0.6 is 0 Å². The number of esters is 1. The SMILES string of the molecule is COC(=O)[C@H](NC(=O)OC(C)(C)C)c1ccc(OC)c(-c2c(CO)cc(OC)cc2OC)c1. The lowest BCUT2D eigenvalue weighted by atomic mass is 9.94. The third-order valence-electron chi connectivity index (χ3n) is 4.71. The summed E-state index contributed by atoms with van der Waals surface area (Å²) >= 11 is 0. The van der Waals surface area contributed by atoms with Crippen molar-refractivity contribution in [3.8, 4) is 28.4 Å². The van der Waals surface area contributed by atoms with E-state index in [0.717, 1.165) is 0 Å². The first-order valence-corrected chi connectivity index (χ1v) is 10.2. The molecule has 33 heavy (non-hydrogen) atoms. The van der Waals surface area contributed by atoms with Crippen LogP contribution in [0.2, 0.25) is 0 Å². The average Bonchev–Trinajstić information content (AvgIpc) is 2.79. The molecule has 0 radical (unpaired) electrons. The zero-order valence-corrected chi connectivity index (χ0v) is 20.0. The average molecular weight is 462 g/mol. The van der Waals surface area contributed by atoms with Gasteiger partial charge < -0.3 is 34.1 Å². The molecule has 0 spiro atoms. The fourth-order valence-electron chi connectivity index (χ4n) is 3.28. The maximum absolute atomic E-state index is 12.5. The summed E-state index contributed by atoms with van der Waals surface area (Å²) in [5, 5.41) is 12.6. The van der Waals surface area contributed by atoms with E-state index < -0.39 is 23.7 Å². The number of methoxy groups -OCH3 is 4. The predicted octanol–water partition coefficient (Wildman–Crippen LogP) is 3.61. The first-order chi connectivity index (χ1) is 15.6. The van der Waals surface area contributed by atoms with Crippen LogP contribution in [0, 0.1) is 0 Å². The lowest BCUT2D eigenvalue weighted by Crippen LogP contribution is -2.38. The fraction of sp³-hybridized carbons (Fsp3) is 0.417. The Morgan fingerprint density at radius 3 is 2.15 bits per heavy atom. The molecule has 9 nitrogen and oxygen atoms in total. The van der Waals surface area contributed by atoms with Gasteiger partial charge in [-0.2, -0.15) is 0 Å². The van der Waals surface area contributed by atoms with Crippen molar-refractivity contribution < 1.29 is 38.4 Å². The van der Waals surface area contributed by atoms with Crippen LogP contribution in [0.25, 0.3) is 11.1 Å². The smallest absolute Gasteiger partial charge is 0.408 e. The Hall–Kier alpha value is -3.46. The molecule has 0 aromatic heterocycles. The lowest BCUT2D eigenvalue weighted by molar-refractivity contribution is -0.143. The largest absolute Gasteiger partial charge is 0.497 e. The summed E-state index contributed by atoms with van der Waals surface area (Å²) in [6, 6.07) is 7.17. The van der Waals surface area contributed by atoms with Crippen LogP contribution in [0.3, 0.4) is 0 Å². The van der Waals surface area contributed by atoms with Gasteiger partial charge in [-0.05, 0) is 50.1 Å². The Morgan fingerprint density at radius 2 is 1.64 bits per heavy atom. The van der Waals surface area contributed by atoms with E-state index in [4.69, 9.17) is 23.7 Å². The Bertz CT molecular complexity index is 971. The van der Waals surface area contributed by atoms with E-state index in [-0.39, 0.29) is 6.61 Å². The summed E-state index contributed by atoms with van der Waals surface area (Å²) in [7, 11) is 5.74. The summed E-state index contributed by atoms with van der Waals surface area (Å²) in [4.78, 5) is 24.9. The van der Waals surface area contributed by atoms with Crippen molar-refractivity contribution in [2.24, 2.45) is 0 Å². The van der Waals surface area contributed by atoms with Gasteiger partial charge in [0, 0.05) is 17.2 Å². The maximum atomic E-state index is 12.5. The van der Waals surface area contributed by atoms with Crippen molar-refractivity contribution in [3.63, 3.8) is 0 Å². The minimum atomic E-state index is -1.14. The molecule has 0 unspecified atom stereocenters. The molecule has 9 heteroatoms. The highest BCUT2D eigenvalue weighted by Crippen LogP contribution is 2.42. The van der Waals surface area contributed by atoms with Gasteiger partial charge in [0.15, 0.2) is 6.04 Å². The fourth-order valence-corrected chi connectivity index (χ4v) is 3.28. The van der Waals surface area contributed by atoms with E-state index in [1.54, 1.807) is 51.1 Å². The van der Waals surface area contributed by atoms with Crippen molar-refractivity contribution in [2.75, 3.05) is 28.4 Å². The van der Waals surface area contributed by atoms with Crippen LogP contribution in [0.4, 0.5) is 4.79 Å². The molecule has 0 aliphatic heterocycles. The second-order valence-electron chi connectivity index (χ2n) is 8.08. The van der Waals surface area contributed by atoms with Crippen molar-refractivity contribution in [1.82, 2.24) is 5.32 Å². The van der Waals surface area contributed by atoms with Crippen molar-refractivity contribution in [2.45, 2.75) is 39.0 Å². The summed E-state index contributed by atoms with van der Waals surface area (Å²) in [6.07, 6.45) is -0.770. The monoisotopic (exact) mass is 461 g/mol. The van der Waals surface area contributed by atoms with E-state index in [0.29, 0.717) is 39.5 Å². The number of amides is 1. The summed E-state index contributed by atoms with van der Waals surface area (Å²) < 4.78 is 26.6. The topological polar surface area (TPSA) is 113 Å². The Labute approximate surface area is 193 Å². The minimum absolute atomic E-state index is 0.299. The van der Waals surface area contributed by atoms with Crippen LogP contribution < -0.4 is 19.5 Å². The molecule has 2 N–H and O–H groups in total. The van der Waals surface area contributed by atoms with E-state index in [2.05, 4.69) is 5.32 Å². The molecule has 1 atom stereocenters.